The first-order valence-corrected chi connectivity index (χ1v) is 8.01. The molecule has 1 aliphatic carbocycles. The number of hydrogen-bond donors (Lipinski definition) is 1. The van der Waals surface area contributed by atoms with E-state index in [1.165, 1.54) is 24.6 Å². The summed E-state index contributed by atoms with van der Waals surface area (Å²) < 4.78 is 2.00. The summed E-state index contributed by atoms with van der Waals surface area (Å²) in [5.41, 5.74) is 1.92. The number of thioether (sulfide) groups is 1. The van der Waals surface area contributed by atoms with Crippen molar-refractivity contribution in [2.75, 3.05) is 11.1 Å². The second-order valence-electron chi connectivity index (χ2n) is 5.33. The number of anilines is 1. The van der Waals surface area contributed by atoms with Crippen LogP contribution in [0.2, 0.25) is 0 Å². The molecule has 5 nitrogen and oxygen atoms in total. The molecule has 0 atom stereocenters. The zero-order valence-electron chi connectivity index (χ0n) is 12.2. The summed E-state index contributed by atoms with van der Waals surface area (Å²) in [6, 6.07) is 7.76. The van der Waals surface area contributed by atoms with E-state index in [9.17, 15) is 4.79 Å². The second-order valence-corrected chi connectivity index (χ2v) is 6.27. The van der Waals surface area contributed by atoms with Crippen LogP contribution in [0.4, 0.5) is 5.69 Å². The third-order valence-electron chi connectivity index (χ3n) is 3.56. The third-order valence-corrected chi connectivity index (χ3v) is 4.58. The van der Waals surface area contributed by atoms with E-state index in [1.807, 2.05) is 42.8 Å². The van der Waals surface area contributed by atoms with E-state index in [2.05, 4.69) is 15.5 Å². The van der Waals surface area contributed by atoms with Crippen molar-refractivity contribution in [3.8, 4) is 0 Å². The van der Waals surface area contributed by atoms with E-state index >= 15 is 0 Å². The number of hydrogen-bond acceptors (Lipinski definition) is 4. The van der Waals surface area contributed by atoms with Gasteiger partial charge in [-0.1, -0.05) is 30.0 Å². The summed E-state index contributed by atoms with van der Waals surface area (Å²) in [5, 5.41) is 12.1. The summed E-state index contributed by atoms with van der Waals surface area (Å²) >= 11 is 1.42. The first-order chi connectivity index (χ1) is 10.1. The molecule has 0 unspecified atom stereocenters. The SMILES string of the molecule is Cc1ccccc1NC(=O)CSc1nnc(C2CC2)n1C. The normalized spacial score (nSPS) is 14.2. The number of para-hydroxylation sites is 1. The Morgan fingerprint density at radius 3 is 2.86 bits per heavy atom. The lowest BCUT2D eigenvalue weighted by Gasteiger charge is -2.07. The monoisotopic (exact) mass is 302 g/mol. The number of nitrogens with zero attached hydrogens (tertiary/aromatic N) is 3. The van der Waals surface area contributed by atoms with Crippen molar-refractivity contribution in [3.63, 3.8) is 0 Å². The van der Waals surface area contributed by atoms with Crippen LogP contribution in [0, 0.1) is 6.92 Å². The molecule has 0 radical (unpaired) electrons. The molecule has 1 amide bonds. The molecule has 1 N–H and O–H groups in total. The molecule has 3 rings (SSSR count). The van der Waals surface area contributed by atoms with Gasteiger partial charge in [0.2, 0.25) is 5.91 Å². The van der Waals surface area contributed by atoms with Crippen molar-refractivity contribution < 1.29 is 4.79 Å². The van der Waals surface area contributed by atoms with Gasteiger partial charge in [-0.3, -0.25) is 4.79 Å². The molecule has 0 aliphatic heterocycles. The van der Waals surface area contributed by atoms with E-state index < -0.39 is 0 Å². The van der Waals surface area contributed by atoms with Gasteiger partial charge in [0.1, 0.15) is 5.82 Å². The van der Waals surface area contributed by atoms with Crippen molar-refractivity contribution in [1.29, 1.82) is 0 Å². The molecule has 1 aromatic heterocycles. The molecular weight excluding hydrogens is 284 g/mol. The Morgan fingerprint density at radius 2 is 2.14 bits per heavy atom. The molecule has 0 bridgehead atoms. The quantitative estimate of drug-likeness (QED) is 0.863. The summed E-state index contributed by atoms with van der Waals surface area (Å²) in [7, 11) is 1.97. The van der Waals surface area contributed by atoms with Crippen molar-refractivity contribution in [3.05, 3.63) is 35.7 Å². The number of rotatable bonds is 5. The average Bonchev–Trinajstić information content (AvgIpc) is 3.24. The molecule has 2 aromatic rings. The first-order valence-electron chi connectivity index (χ1n) is 7.02. The molecule has 110 valence electrons. The van der Waals surface area contributed by atoms with Gasteiger partial charge in [0.15, 0.2) is 5.16 Å². The smallest absolute Gasteiger partial charge is 0.234 e. The molecule has 21 heavy (non-hydrogen) atoms. The van der Waals surface area contributed by atoms with Gasteiger partial charge >= 0.3 is 0 Å². The van der Waals surface area contributed by atoms with Crippen LogP contribution in [-0.4, -0.2) is 26.4 Å². The number of carbonyl (C=O) groups excluding carboxylic acids is 1. The van der Waals surface area contributed by atoms with Gasteiger partial charge in [0, 0.05) is 18.7 Å². The van der Waals surface area contributed by atoms with Gasteiger partial charge in [0.25, 0.3) is 0 Å². The Kier molecular flexibility index (Phi) is 3.96. The Bertz CT molecular complexity index is 663. The highest BCUT2D eigenvalue weighted by Crippen LogP contribution is 2.39. The topological polar surface area (TPSA) is 59.8 Å². The highest BCUT2D eigenvalue weighted by molar-refractivity contribution is 7.99. The Balaban J connectivity index is 1.57. The van der Waals surface area contributed by atoms with Crippen LogP contribution in [0.5, 0.6) is 0 Å². The molecule has 1 fully saturated rings. The van der Waals surface area contributed by atoms with Crippen LogP contribution in [0.15, 0.2) is 29.4 Å². The van der Waals surface area contributed by atoms with E-state index in [0.29, 0.717) is 11.7 Å². The van der Waals surface area contributed by atoms with Crippen LogP contribution in [0.1, 0.15) is 30.1 Å². The molecule has 1 heterocycles. The molecule has 1 aromatic carbocycles. The van der Waals surface area contributed by atoms with Crippen molar-refractivity contribution in [2.24, 2.45) is 7.05 Å². The first kappa shape index (κ1) is 14.1. The fourth-order valence-electron chi connectivity index (χ4n) is 2.18. The number of carbonyl (C=O) groups is 1. The Morgan fingerprint density at radius 1 is 1.38 bits per heavy atom. The lowest BCUT2D eigenvalue weighted by molar-refractivity contribution is -0.113. The standard InChI is InChI=1S/C15H18N4OS/c1-10-5-3-4-6-12(10)16-13(20)9-21-15-18-17-14(19(15)2)11-7-8-11/h3-6,11H,7-9H2,1-2H3,(H,16,20). The van der Waals surface area contributed by atoms with Gasteiger partial charge in [-0.2, -0.15) is 0 Å². The highest BCUT2D eigenvalue weighted by atomic mass is 32.2. The van der Waals surface area contributed by atoms with Crippen molar-refractivity contribution in [1.82, 2.24) is 14.8 Å². The molecule has 1 saturated carbocycles. The third kappa shape index (κ3) is 3.26. The van der Waals surface area contributed by atoms with Gasteiger partial charge in [0.05, 0.1) is 5.75 Å². The fourth-order valence-corrected chi connectivity index (χ4v) is 2.90. The summed E-state index contributed by atoms with van der Waals surface area (Å²) in [6.45, 7) is 1.98. The van der Waals surface area contributed by atoms with Crippen LogP contribution >= 0.6 is 11.8 Å². The van der Waals surface area contributed by atoms with Crippen LogP contribution in [0.3, 0.4) is 0 Å². The number of aromatic nitrogens is 3. The zero-order valence-corrected chi connectivity index (χ0v) is 13.0. The highest BCUT2D eigenvalue weighted by Gasteiger charge is 2.29. The predicted molar refractivity (Wildman–Crippen MR) is 83.5 cm³/mol. The number of aryl methyl sites for hydroxylation is 1. The lowest BCUT2D eigenvalue weighted by Crippen LogP contribution is -2.15. The summed E-state index contributed by atoms with van der Waals surface area (Å²) in [4.78, 5) is 12.0. The molecule has 1 aliphatic rings. The molecule has 0 saturated heterocycles. The number of nitrogens with one attached hydrogen (secondary N) is 1. The number of benzene rings is 1. The van der Waals surface area contributed by atoms with E-state index in [4.69, 9.17) is 0 Å². The lowest BCUT2D eigenvalue weighted by atomic mass is 10.2. The number of amides is 1. The van der Waals surface area contributed by atoms with Crippen LogP contribution < -0.4 is 5.32 Å². The van der Waals surface area contributed by atoms with Gasteiger partial charge in [-0.15, -0.1) is 10.2 Å². The predicted octanol–water partition coefficient (Wildman–Crippen LogP) is 2.73. The van der Waals surface area contributed by atoms with Crippen molar-refractivity contribution >= 4 is 23.4 Å². The van der Waals surface area contributed by atoms with Crippen LogP contribution in [0.25, 0.3) is 0 Å². The van der Waals surface area contributed by atoms with E-state index in [0.717, 1.165) is 22.2 Å². The van der Waals surface area contributed by atoms with E-state index in [1.54, 1.807) is 0 Å². The van der Waals surface area contributed by atoms with Gasteiger partial charge in [-0.25, -0.2) is 0 Å². The largest absolute Gasteiger partial charge is 0.325 e. The zero-order chi connectivity index (χ0) is 14.8. The van der Waals surface area contributed by atoms with Crippen molar-refractivity contribution in [2.45, 2.75) is 30.8 Å². The molecule has 6 heteroatoms. The van der Waals surface area contributed by atoms with Gasteiger partial charge in [-0.05, 0) is 31.4 Å². The maximum Gasteiger partial charge on any atom is 0.234 e. The molecular formula is C15H18N4OS. The summed E-state index contributed by atoms with van der Waals surface area (Å²) in [6.07, 6.45) is 2.40. The minimum Gasteiger partial charge on any atom is -0.325 e. The average molecular weight is 302 g/mol. The fraction of sp³-hybridized carbons (Fsp3) is 0.400. The van der Waals surface area contributed by atoms with Crippen LogP contribution in [-0.2, 0) is 11.8 Å². The summed E-state index contributed by atoms with van der Waals surface area (Å²) in [5.74, 6) is 1.92. The Labute approximate surface area is 128 Å². The minimum atomic E-state index is -0.0229. The maximum absolute atomic E-state index is 12.0. The van der Waals surface area contributed by atoms with Gasteiger partial charge < -0.3 is 9.88 Å². The van der Waals surface area contributed by atoms with E-state index in [-0.39, 0.29) is 5.91 Å². The second kappa shape index (κ2) is 5.89. The maximum atomic E-state index is 12.0. The minimum absolute atomic E-state index is 0.0229. The molecule has 0 spiro atoms. The Hall–Kier alpha value is -1.82.